The molecule has 1 aliphatic rings. The van der Waals surface area contributed by atoms with E-state index < -0.39 is 16.1 Å². The molecular formula is C23H29ClN2O6S. The second kappa shape index (κ2) is 10.6. The molecular weight excluding hydrogens is 468 g/mol. The second-order valence-electron chi connectivity index (χ2n) is 7.84. The summed E-state index contributed by atoms with van der Waals surface area (Å²) in [6.07, 6.45) is 1.39. The number of ether oxygens (including phenoxy) is 3. The van der Waals surface area contributed by atoms with Crippen LogP contribution < -0.4 is 18.9 Å². The first-order valence-electron chi connectivity index (χ1n) is 10.6. The molecule has 180 valence electrons. The van der Waals surface area contributed by atoms with Gasteiger partial charge in [0.25, 0.3) is 0 Å². The zero-order valence-corrected chi connectivity index (χ0v) is 20.7. The number of sulfonamides is 1. The predicted molar refractivity (Wildman–Crippen MR) is 126 cm³/mol. The minimum atomic E-state index is -3.84. The molecule has 10 heteroatoms. The van der Waals surface area contributed by atoms with E-state index in [0.717, 1.165) is 5.56 Å². The second-order valence-corrected chi connectivity index (χ2v) is 9.99. The molecule has 0 aromatic heterocycles. The van der Waals surface area contributed by atoms with Crippen LogP contribution in [0.5, 0.6) is 17.2 Å². The van der Waals surface area contributed by atoms with Gasteiger partial charge in [-0.15, -0.1) is 0 Å². The molecule has 1 N–H and O–H groups in total. The van der Waals surface area contributed by atoms with Crippen molar-refractivity contribution >= 4 is 27.5 Å². The van der Waals surface area contributed by atoms with Crippen molar-refractivity contribution in [3.05, 3.63) is 47.0 Å². The lowest BCUT2D eigenvalue weighted by Gasteiger charge is -2.34. The van der Waals surface area contributed by atoms with Crippen molar-refractivity contribution in [2.24, 2.45) is 0 Å². The fraction of sp³-hybridized carbons (Fsp3) is 0.435. The van der Waals surface area contributed by atoms with Gasteiger partial charge in [-0.05, 0) is 49.9 Å². The lowest BCUT2D eigenvalue weighted by Crippen LogP contribution is -2.49. The Balaban J connectivity index is 1.67. The average molecular weight is 497 g/mol. The van der Waals surface area contributed by atoms with Crippen LogP contribution in [0.25, 0.3) is 0 Å². The van der Waals surface area contributed by atoms with Gasteiger partial charge in [-0.2, -0.15) is 4.72 Å². The van der Waals surface area contributed by atoms with E-state index in [1.807, 2.05) is 12.1 Å². The summed E-state index contributed by atoms with van der Waals surface area (Å²) in [5, 5.41) is 0.436. The first-order valence-corrected chi connectivity index (χ1v) is 12.4. The van der Waals surface area contributed by atoms with Gasteiger partial charge in [0.1, 0.15) is 17.2 Å². The Morgan fingerprint density at radius 1 is 1.03 bits per heavy atom. The van der Waals surface area contributed by atoms with E-state index in [-0.39, 0.29) is 16.7 Å². The Morgan fingerprint density at radius 2 is 1.58 bits per heavy atom. The lowest BCUT2D eigenvalue weighted by molar-refractivity contribution is -0.133. The van der Waals surface area contributed by atoms with Crippen molar-refractivity contribution in [3.8, 4) is 17.2 Å². The largest absolute Gasteiger partial charge is 0.496 e. The molecule has 1 aliphatic heterocycles. The molecule has 0 saturated carbocycles. The topological polar surface area (TPSA) is 94.2 Å². The zero-order chi connectivity index (χ0) is 24.2. The molecule has 1 fully saturated rings. The molecule has 1 amide bonds. The number of nitrogens with one attached hydrogen (secondary N) is 1. The van der Waals surface area contributed by atoms with Gasteiger partial charge in [-0.3, -0.25) is 4.79 Å². The van der Waals surface area contributed by atoms with Crippen LogP contribution >= 0.6 is 11.6 Å². The van der Waals surface area contributed by atoms with Crippen molar-refractivity contribution in [2.45, 2.75) is 36.6 Å². The molecule has 8 nitrogen and oxygen atoms in total. The van der Waals surface area contributed by atoms with Crippen molar-refractivity contribution in [2.75, 3.05) is 34.4 Å². The Kier molecular flexibility index (Phi) is 8.10. The van der Waals surface area contributed by atoms with Gasteiger partial charge in [0.2, 0.25) is 15.9 Å². The van der Waals surface area contributed by atoms with Crippen molar-refractivity contribution in [3.63, 3.8) is 0 Å². The molecule has 1 heterocycles. The average Bonchev–Trinajstić information content (AvgIpc) is 2.82. The van der Waals surface area contributed by atoms with Gasteiger partial charge in [0, 0.05) is 35.8 Å². The van der Waals surface area contributed by atoms with Crippen LogP contribution in [0, 0.1) is 0 Å². The number of halogens is 1. The summed E-state index contributed by atoms with van der Waals surface area (Å²) in [5.74, 6) is 1.87. The van der Waals surface area contributed by atoms with Crippen LogP contribution in [0.4, 0.5) is 0 Å². The number of likely N-dealkylation sites (tertiary alicyclic amines) is 1. The van der Waals surface area contributed by atoms with Gasteiger partial charge in [0.05, 0.1) is 32.3 Å². The van der Waals surface area contributed by atoms with Gasteiger partial charge in [-0.25, -0.2) is 8.42 Å². The summed E-state index contributed by atoms with van der Waals surface area (Å²) >= 11 is 5.83. The third-order valence-electron chi connectivity index (χ3n) is 5.79. The first-order chi connectivity index (χ1) is 15.7. The molecule has 0 bridgehead atoms. The van der Waals surface area contributed by atoms with Crippen LogP contribution in [-0.2, 0) is 14.8 Å². The van der Waals surface area contributed by atoms with E-state index in [1.165, 1.54) is 24.3 Å². The van der Waals surface area contributed by atoms with Gasteiger partial charge in [-0.1, -0.05) is 11.6 Å². The van der Waals surface area contributed by atoms with Crippen LogP contribution in [0.1, 0.15) is 31.2 Å². The van der Waals surface area contributed by atoms with Crippen LogP contribution in [0.3, 0.4) is 0 Å². The molecule has 3 rings (SSSR count). The normalized spacial score (nSPS) is 15.7. The Labute approximate surface area is 199 Å². The maximum atomic E-state index is 12.9. The minimum Gasteiger partial charge on any atom is -0.496 e. The predicted octanol–water partition coefficient (Wildman–Crippen LogP) is 3.44. The van der Waals surface area contributed by atoms with Gasteiger partial charge < -0.3 is 19.1 Å². The smallest absolute Gasteiger partial charge is 0.241 e. The third kappa shape index (κ3) is 5.72. The number of benzene rings is 2. The zero-order valence-electron chi connectivity index (χ0n) is 19.1. The molecule has 2 aromatic rings. The van der Waals surface area contributed by atoms with Crippen LogP contribution in [0.15, 0.2) is 41.3 Å². The molecule has 1 saturated heterocycles. The maximum absolute atomic E-state index is 12.9. The van der Waals surface area contributed by atoms with E-state index in [4.69, 9.17) is 25.8 Å². The van der Waals surface area contributed by atoms with E-state index in [2.05, 4.69) is 4.72 Å². The SMILES string of the molecule is COc1cc(OC)c(C2CCN(C(=O)[C@@H](C)NS(=O)(=O)c3ccc(Cl)cc3)CC2)c(OC)c1. The highest BCUT2D eigenvalue weighted by Gasteiger charge is 2.31. The highest BCUT2D eigenvalue weighted by atomic mass is 35.5. The highest BCUT2D eigenvalue weighted by Crippen LogP contribution is 2.43. The Hall–Kier alpha value is -2.49. The number of amides is 1. The summed E-state index contributed by atoms with van der Waals surface area (Å²) < 4.78 is 44.2. The maximum Gasteiger partial charge on any atom is 0.241 e. The Bertz CT molecular complexity index is 1060. The van der Waals surface area contributed by atoms with Crippen molar-refractivity contribution < 1.29 is 27.4 Å². The van der Waals surface area contributed by atoms with Crippen LogP contribution in [-0.4, -0.2) is 59.7 Å². The molecule has 33 heavy (non-hydrogen) atoms. The summed E-state index contributed by atoms with van der Waals surface area (Å²) in [4.78, 5) is 14.7. The number of hydrogen-bond acceptors (Lipinski definition) is 6. The van der Waals surface area contributed by atoms with E-state index in [9.17, 15) is 13.2 Å². The molecule has 0 unspecified atom stereocenters. The van der Waals surface area contributed by atoms with Gasteiger partial charge in [0.15, 0.2) is 0 Å². The number of carbonyl (C=O) groups is 1. The lowest BCUT2D eigenvalue weighted by atomic mass is 9.87. The molecule has 1 atom stereocenters. The van der Waals surface area contributed by atoms with E-state index >= 15 is 0 Å². The number of nitrogens with zero attached hydrogens (tertiary/aromatic N) is 1. The summed E-state index contributed by atoms with van der Waals surface area (Å²) in [7, 11) is 0.948. The fourth-order valence-electron chi connectivity index (χ4n) is 4.06. The number of carbonyl (C=O) groups excluding carboxylic acids is 1. The van der Waals surface area contributed by atoms with E-state index in [1.54, 1.807) is 33.2 Å². The van der Waals surface area contributed by atoms with Crippen molar-refractivity contribution in [1.29, 1.82) is 0 Å². The van der Waals surface area contributed by atoms with E-state index in [0.29, 0.717) is 48.2 Å². The fourth-order valence-corrected chi connectivity index (χ4v) is 5.39. The Morgan fingerprint density at radius 3 is 2.06 bits per heavy atom. The quantitative estimate of drug-likeness (QED) is 0.601. The summed E-state index contributed by atoms with van der Waals surface area (Å²) in [6.45, 7) is 2.54. The van der Waals surface area contributed by atoms with Crippen LogP contribution in [0.2, 0.25) is 5.02 Å². The number of rotatable bonds is 8. The molecule has 2 aromatic carbocycles. The number of methoxy groups -OCH3 is 3. The third-order valence-corrected chi connectivity index (χ3v) is 7.60. The molecule has 0 radical (unpaired) electrons. The number of hydrogen-bond donors (Lipinski definition) is 1. The number of piperidine rings is 1. The molecule has 0 spiro atoms. The highest BCUT2D eigenvalue weighted by molar-refractivity contribution is 7.89. The minimum absolute atomic E-state index is 0.0592. The standard InChI is InChI=1S/C23H29ClN2O6S/c1-15(25-33(28,29)19-7-5-17(24)6-8-19)23(27)26-11-9-16(10-12-26)22-20(31-3)13-18(30-2)14-21(22)32-4/h5-8,13-16,25H,9-12H2,1-4H3/t15-/m1/s1. The molecule has 0 aliphatic carbocycles. The first kappa shape index (κ1) is 25.1. The summed E-state index contributed by atoms with van der Waals surface area (Å²) in [6, 6.07) is 8.55. The monoisotopic (exact) mass is 496 g/mol. The van der Waals surface area contributed by atoms with Gasteiger partial charge >= 0.3 is 0 Å². The summed E-state index contributed by atoms with van der Waals surface area (Å²) in [5.41, 5.74) is 0.949. The van der Waals surface area contributed by atoms with Crippen molar-refractivity contribution in [1.82, 2.24) is 9.62 Å².